The Bertz CT molecular complexity index is 312. The molecule has 0 aliphatic heterocycles. The van der Waals surface area contributed by atoms with Crippen LogP contribution in [0.15, 0.2) is 0 Å². The van der Waals surface area contributed by atoms with Gasteiger partial charge in [0.1, 0.15) is 11.6 Å². The summed E-state index contributed by atoms with van der Waals surface area (Å²) in [6.07, 6.45) is -0.0805. The maximum atomic E-state index is 11.8. The van der Waals surface area contributed by atoms with Crippen LogP contribution in [0.5, 0.6) is 0 Å². The standard InChI is InChI=1S/C10H18N2O5/c1-4-10(2,17-3)9(16)12-6(8(14)15)5-7(11)13/h6H,4-5H2,1-3H3,(H2,11,13)(H,12,16)(H,14,15). The van der Waals surface area contributed by atoms with Crippen molar-refractivity contribution < 1.29 is 24.2 Å². The molecule has 7 heteroatoms. The van der Waals surface area contributed by atoms with Crippen LogP contribution in [0, 0.1) is 0 Å². The second-order valence-electron chi connectivity index (χ2n) is 3.82. The first kappa shape index (κ1) is 15.4. The summed E-state index contributed by atoms with van der Waals surface area (Å²) in [6.45, 7) is 3.26. The molecule has 7 nitrogen and oxygen atoms in total. The van der Waals surface area contributed by atoms with E-state index in [4.69, 9.17) is 15.6 Å². The third-order valence-electron chi connectivity index (χ3n) is 2.61. The summed E-state index contributed by atoms with van der Waals surface area (Å²) < 4.78 is 5.01. The summed E-state index contributed by atoms with van der Waals surface area (Å²) in [4.78, 5) is 33.2. The molecule has 2 atom stereocenters. The first-order valence-corrected chi connectivity index (χ1v) is 5.14. The van der Waals surface area contributed by atoms with Gasteiger partial charge in [-0.25, -0.2) is 4.79 Å². The fraction of sp³-hybridized carbons (Fsp3) is 0.700. The van der Waals surface area contributed by atoms with Gasteiger partial charge >= 0.3 is 5.97 Å². The quantitative estimate of drug-likeness (QED) is 0.546. The molecule has 2 amide bonds. The van der Waals surface area contributed by atoms with Crippen molar-refractivity contribution in [2.75, 3.05) is 7.11 Å². The average Bonchev–Trinajstić information content (AvgIpc) is 2.26. The Morgan fingerprint density at radius 3 is 2.29 bits per heavy atom. The zero-order valence-electron chi connectivity index (χ0n) is 10.1. The van der Waals surface area contributed by atoms with Gasteiger partial charge in [-0.2, -0.15) is 0 Å². The second kappa shape index (κ2) is 6.19. The lowest BCUT2D eigenvalue weighted by Gasteiger charge is -2.26. The van der Waals surface area contributed by atoms with Gasteiger partial charge < -0.3 is 20.9 Å². The number of rotatable bonds is 7. The maximum absolute atomic E-state index is 11.8. The van der Waals surface area contributed by atoms with Gasteiger partial charge in [0.05, 0.1) is 6.42 Å². The van der Waals surface area contributed by atoms with E-state index >= 15 is 0 Å². The largest absolute Gasteiger partial charge is 0.480 e. The number of amides is 2. The lowest BCUT2D eigenvalue weighted by atomic mass is 10.0. The van der Waals surface area contributed by atoms with Crippen molar-refractivity contribution in [1.29, 1.82) is 0 Å². The van der Waals surface area contributed by atoms with Crippen LogP contribution in [0.1, 0.15) is 26.7 Å². The van der Waals surface area contributed by atoms with Crippen LogP contribution in [-0.2, 0) is 19.1 Å². The van der Waals surface area contributed by atoms with Crippen LogP contribution in [0.3, 0.4) is 0 Å². The Labute approximate surface area is 99.3 Å². The zero-order valence-corrected chi connectivity index (χ0v) is 10.1. The van der Waals surface area contributed by atoms with E-state index in [1.807, 2.05) is 0 Å². The number of methoxy groups -OCH3 is 1. The smallest absolute Gasteiger partial charge is 0.326 e. The van der Waals surface area contributed by atoms with Gasteiger partial charge in [-0.1, -0.05) is 6.92 Å². The van der Waals surface area contributed by atoms with E-state index in [1.54, 1.807) is 6.92 Å². The average molecular weight is 246 g/mol. The Morgan fingerprint density at radius 2 is 2.00 bits per heavy atom. The van der Waals surface area contributed by atoms with Crippen LogP contribution in [0.2, 0.25) is 0 Å². The van der Waals surface area contributed by atoms with Crippen LogP contribution in [-0.4, -0.2) is 41.6 Å². The first-order valence-electron chi connectivity index (χ1n) is 5.14. The number of carboxylic acids is 1. The molecule has 0 aromatic carbocycles. The summed E-state index contributed by atoms with van der Waals surface area (Å²) in [7, 11) is 1.35. The van der Waals surface area contributed by atoms with Crippen molar-refractivity contribution in [3.05, 3.63) is 0 Å². The summed E-state index contributed by atoms with van der Waals surface area (Å²) in [5.41, 5.74) is 3.78. The van der Waals surface area contributed by atoms with Gasteiger partial charge in [0.25, 0.3) is 5.91 Å². The molecule has 0 saturated carbocycles. The molecule has 0 heterocycles. The fourth-order valence-electron chi connectivity index (χ4n) is 1.11. The summed E-state index contributed by atoms with van der Waals surface area (Å²) in [5.74, 6) is -2.70. The summed E-state index contributed by atoms with van der Waals surface area (Å²) in [5, 5.41) is 11.0. The molecule has 17 heavy (non-hydrogen) atoms. The lowest BCUT2D eigenvalue weighted by molar-refractivity contribution is -0.149. The minimum atomic E-state index is -1.33. The number of hydrogen-bond donors (Lipinski definition) is 3. The van der Waals surface area contributed by atoms with Gasteiger partial charge in [0, 0.05) is 7.11 Å². The molecule has 2 unspecified atom stereocenters. The molecule has 0 aromatic rings. The molecule has 0 fully saturated rings. The third kappa shape index (κ3) is 4.39. The Kier molecular flexibility index (Phi) is 5.60. The molecule has 98 valence electrons. The van der Waals surface area contributed by atoms with Crippen LogP contribution >= 0.6 is 0 Å². The first-order chi connectivity index (χ1) is 7.76. The third-order valence-corrected chi connectivity index (χ3v) is 2.61. The molecule has 0 aromatic heterocycles. The molecule has 4 N–H and O–H groups in total. The predicted molar refractivity (Wildman–Crippen MR) is 59.1 cm³/mol. The second-order valence-corrected chi connectivity index (χ2v) is 3.82. The number of ether oxygens (including phenoxy) is 1. The highest BCUT2D eigenvalue weighted by Crippen LogP contribution is 2.14. The number of nitrogens with one attached hydrogen (secondary N) is 1. The Balaban J connectivity index is 4.71. The highest BCUT2D eigenvalue weighted by atomic mass is 16.5. The normalized spacial score (nSPS) is 15.7. The van der Waals surface area contributed by atoms with Gasteiger partial charge in [0.2, 0.25) is 5.91 Å². The van der Waals surface area contributed by atoms with E-state index in [0.29, 0.717) is 6.42 Å². The molecule has 0 spiro atoms. The zero-order chi connectivity index (χ0) is 13.6. The van der Waals surface area contributed by atoms with E-state index in [0.717, 1.165) is 0 Å². The van der Waals surface area contributed by atoms with E-state index in [1.165, 1.54) is 14.0 Å². The Morgan fingerprint density at radius 1 is 1.47 bits per heavy atom. The predicted octanol–water partition coefficient (Wildman–Crippen LogP) is -0.754. The van der Waals surface area contributed by atoms with E-state index in [2.05, 4.69) is 5.32 Å². The number of carbonyl (C=O) groups excluding carboxylic acids is 2. The number of primary amides is 1. The highest BCUT2D eigenvalue weighted by molar-refractivity contribution is 5.91. The minimum Gasteiger partial charge on any atom is -0.480 e. The molecule has 0 radical (unpaired) electrons. The van der Waals surface area contributed by atoms with Crippen LogP contribution in [0.4, 0.5) is 0 Å². The molecular formula is C10H18N2O5. The van der Waals surface area contributed by atoms with E-state index in [-0.39, 0.29) is 0 Å². The SMILES string of the molecule is CCC(C)(OC)C(=O)NC(CC(N)=O)C(=O)O. The molecule has 0 rings (SSSR count). The fourth-order valence-corrected chi connectivity index (χ4v) is 1.11. The Hall–Kier alpha value is -1.63. The topological polar surface area (TPSA) is 119 Å². The monoisotopic (exact) mass is 246 g/mol. The summed E-state index contributed by atoms with van der Waals surface area (Å²) in [6, 6.07) is -1.33. The van der Waals surface area contributed by atoms with Crippen molar-refractivity contribution in [3.63, 3.8) is 0 Å². The number of aliphatic carboxylic acids is 1. The van der Waals surface area contributed by atoms with Crippen molar-refractivity contribution in [3.8, 4) is 0 Å². The molecule has 0 aliphatic carbocycles. The van der Waals surface area contributed by atoms with Crippen molar-refractivity contribution >= 4 is 17.8 Å². The van der Waals surface area contributed by atoms with Crippen LogP contribution < -0.4 is 11.1 Å². The molecule has 0 saturated heterocycles. The van der Waals surface area contributed by atoms with Crippen LogP contribution in [0.25, 0.3) is 0 Å². The summed E-state index contributed by atoms with van der Waals surface area (Å²) >= 11 is 0. The van der Waals surface area contributed by atoms with Gasteiger partial charge in [0.15, 0.2) is 0 Å². The van der Waals surface area contributed by atoms with Gasteiger partial charge in [-0.3, -0.25) is 9.59 Å². The maximum Gasteiger partial charge on any atom is 0.326 e. The van der Waals surface area contributed by atoms with Gasteiger partial charge in [-0.15, -0.1) is 0 Å². The highest BCUT2D eigenvalue weighted by Gasteiger charge is 2.34. The van der Waals surface area contributed by atoms with E-state index in [9.17, 15) is 14.4 Å². The molecular weight excluding hydrogens is 228 g/mol. The molecule has 0 aliphatic rings. The van der Waals surface area contributed by atoms with Crippen molar-refractivity contribution in [2.24, 2.45) is 5.73 Å². The van der Waals surface area contributed by atoms with Gasteiger partial charge in [-0.05, 0) is 13.3 Å². The van der Waals surface area contributed by atoms with E-state index < -0.39 is 35.8 Å². The number of hydrogen-bond acceptors (Lipinski definition) is 4. The molecule has 0 bridgehead atoms. The lowest BCUT2D eigenvalue weighted by Crippen LogP contribution is -2.52. The minimum absolute atomic E-state index is 0.373. The van der Waals surface area contributed by atoms with Crippen molar-refractivity contribution in [1.82, 2.24) is 5.32 Å². The number of carbonyl (C=O) groups is 3. The number of carboxylic acid groups (broad SMARTS) is 1. The van der Waals surface area contributed by atoms with Crippen molar-refractivity contribution in [2.45, 2.75) is 38.3 Å². The number of nitrogens with two attached hydrogens (primary N) is 1.